The van der Waals surface area contributed by atoms with Gasteiger partial charge < -0.3 is 18.6 Å². The van der Waals surface area contributed by atoms with Gasteiger partial charge in [-0.15, -0.1) is 0 Å². The average Bonchev–Trinajstić information content (AvgIpc) is 3.94. The highest BCUT2D eigenvalue weighted by atomic mass is 16.3. The first-order valence-electron chi connectivity index (χ1n) is 18.4. The number of hydrogen-bond donors (Lipinski definition) is 1. The maximum absolute atomic E-state index is 6.53. The molecule has 1 unspecified atom stereocenters. The van der Waals surface area contributed by atoms with Crippen molar-refractivity contribution in [3.05, 3.63) is 180 Å². The van der Waals surface area contributed by atoms with Crippen LogP contribution in [0.1, 0.15) is 22.9 Å². The highest BCUT2D eigenvalue weighted by Gasteiger charge is 2.29. The average molecular weight is 708 g/mol. The Morgan fingerprint density at radius 3 is 1.76 bits per heavy atom. The van der Waals surface area contributed by atoms with Crippen LogP contribution >= 0.6 is 0 Å². The van der Waals surface area contributed by atoms with Gasteiger partial charge in [-0.05, 0) is 70.4 Å². The molecule has 0 aliphatic carbocycles. The summed E-state index contributed by atoms with van der Waals surface area (Å²) in [5.41, 5.74) is 9.79. The molecular weight excluding hydrogens is 679 g/mol. The van der Waals surface area contributed by atoms with Crippen LogP contribution in [0, 0.1) is 0 Å². The predicted molar refractivity (Wildman–Crippen MR) is 223 cm³/mol. The van der Waals surface area contributed by atoms with Crippen molar-refractivity contribution in [3.8, 4) is 11.1 Å². The van der Waals surface area contributed by atoms with Crippen molar-refractivity contribution in [2.24, 2.45) is 9.98 Å². The molecule has 0 radical (unpaired) electrons. The Kier molecular flexibility index (Phi) is 6.30. The number of nitrogens with zero attached hydrogens (tertiary/aromatic N) is 2. The Balaban J connectivity index is 1.19. The molecule has 11 aromatic rings. The Bertz CT molecular complexity index is 3430. The minimum Gasteiger partial charge on any atom is -0.456 e. The lowest BCUT2D eigenvalue weighted by atomic mass is 9.91. The number of furan rings is 3. The van der Waals surface area contributed by atoms with E-state index in [1.54, 1.807) is 0 Å². The number of fused-ring (bicyclic) bond motifs is 10. The van der Waals surface area contributed by atoms with E-state index in [1.165, 1.54) is 5.39 Å². The molecule has 4 heterocycles. The quantitative estimate of drug-likeness (QED) is 0.198. The van der Waals surface area contributed by atoms with Gasteiger partial charge in [-0.3, -0.25) is 0 Å². The van der Waals surface area contributed by atoms with E-state index in [1.807, 2.05) is 54.6 Å². The summed E-state index contributed by atoms with van der Waals surface area (Å²) in [7, 11) is 0. The highest BCUT2D eigenvalue weighted by molar-refractivity contribution is 6.26. The van der Waals surface area contributed by atoms with E-state index in [-0.39, 0.29) is 0 Å². The van der Waals surface area contributed by atoms with Crippen molar-refractivity contribution < 1.29 is 13.3 Å². The normalized spacial score (nSPS) is 14.7. The molecule has 0 saturated carbocycles. The standard InChI is InChI=1S/C49H29N3O3/c1-2-12-29-27-30(24-23-28(29)11-1)47-50-48(36-17-10-22-41-44(36)34-14-4-7-19-38(34)54-41)52-49(51-47)46-32(25-26-42-45(46)35-15-5-8-20-39(35)55-42)31-16-9-21-40-43(31)33-13-3-6-18-37(33)53-40/h1-27,48H,(H,50,51,52). The molecule has 6 heteroatoms. The summed E-state index contributed by atoms with van der Waals surface area (Å²) >= 11 is 0. The molecule has 1 N–H and O–H groups in total. The molecule has 8 aromatic carbocycles. The van der Waals surface area contributed by atoms with E-state index < -0.39 is 6.17 Å². The van der Waals surface area contributed by atoms with E-state index in [0.717, 1.165) is 105 Å². The summed E-state index contributed by atoms with van der Waals surface area (Å²) in [5, 5.41) is 12.2. The summed E-state index contributed by atoms with van der Waals surface area (Å²) in [6, 6.07) is 56.2. The number of rotatable bonds is 4. The number of hydrogen-bond acceptors (Lipinski definition) is 6. The summed E-state index contributed by atoms with van der Waals surface area (Å²) in [6.45, 7) is 0. The summed E-state index contributed by atoms with van der Waals surface area (Å²) in [6.07, 6.45) is -0.495. The molecule has 3 aromatic heterocycles. The monoisotopic (exact) mass is 707 g/mol. The van der Waals surface area contributed by atoms with E-state index in [0.29, 0.717) is 5.84 Å². The number of para-hydroxylation sites is 3. The fraction of sp³-hybridized carbons (Fsp3) is 0.0204. The van der Waals surface area contributed by atoms with Gasteiger partial charge in [0.25, 0.3) is 0 Å². The van der Waals surface area contributed by atoms with Crippen molar-refractivity contribution in [2.45, 2.75) is 6.17 Å². The van der Waals surface area contributed by atoms with Gasteiger partial charge in [0.2, 0.25) is 0 Å². The molecule has 1 aliphatic heterocycles. The molecule has 1 atom stereocenters. The Labute approximate surface area is 313 Å². The van der Waals surface area contributed by atoms with Crippen molar-refractivity contribution in [1.82, 2.24) is 5.32 Å². The second kappa shape index (κ2) is 11.5. The van der Waals surface area contributed by atoms with Crippen LogP contribution in [-0.2, 0) is 0 Å². The van der Waals surface area contributed by atoms with Gasteiger partial charge in [-0.25, -0.2) is 9.98 Å². The molecule has 0 fully saturated rings. The molecule has 12 rings (SSSR count). The maximum atomic E-state index is 6.53. The molecule has 258 valence electrons. The molecule has 0 spiro atoms. The van der Waals surface area contributed by atoms with Crippen LogP contribution in [0.25, 0.3) is 87.7 Å². The smallest absolute Gasteiger partial charge is 0.160 e. The molecule has 0 bridgehead atoms. The van der Waals surface area contributed by atoms with Gasteiger partial charge in [-0.1, -0.05) is 115 Å². The van der Waals surface area contributed by atoms with Crippen LogP contribution in [0.4, 0.5) is 0 Å². The van der Waals surface area contributed by atoms with E-state index in [9.17, 15) is 0 Å². The Hall–Kier alpha value is -7.44. The van der Waals surface area contributed by atoms with Gasteiger partial charge in [0.1, 0.15) is 45.5 Å². The lowest BCUT2D eigenvalue weighted by Crippen LogP contribution is -2.33. The topological polar surface area (TPSA) is 76.2 Å². The third-order valence-corrected chi connectivity index (χ3v) is 11.0. The van der Waals surface area contributed by atoms with Gasteiger partial charge in [-0.2, -0.15) is 0 Å². The van der Waals surface area contributed by atoms with E-state index >= 15 is 0 Å². The first-order chi connectivity index (χ1) is 27.2. The number of amidine groups is 2. The summed E-state index contributed by atoms with van der Waals surface area (Å²) in [4.78, 5) is 11.0. The van der Waals surface area contributed by atoms with Crippen molar-refractivity contribution in [2.75, 3.05) is 0 Å². The zero-order chi connectivity index (χ0) is 36.0. The fourth-order valence-electron chi connectivity index (χ4n) is 8.51. The van der Waals surface area contributed by atoms with Crippen molar-refractivity contribution in [1.29, 1.82) is 0 Å². The van der Waals surface area contributed by atoms with Crippen LogP contribution in [0.2, 0.25) is 0 Å². The second-order valence-electron chi connectivity index (χ2n) is 14.1. The molecule has 0 saturated heterocycles. The lowest BCUT2D eigenvalue weighted by Gasteiger charge is -2.25. The maximum Gasteiger partial charge on any atom is 0.160 e. The summed E-state index contributed by atoms with van der Waals surface area (Å²) < 4.78 is 19.3. The highest BCUT2D eigenvalue weighted by Crippen LogP contribution is 2.44. The zero-order valence-corrected chi connectivity index (χ0v) is 29.3. The third kappa shape index (κ3) is 4.55. The number of aliphatic imine (C=N–C) groups is 2. The summed E-state index contributed by atoms with van der Waals surface area (Å²) in [5.74, 6) is 1.34. The van der Waals surface area contributed by atoms with Gasteiger partial charge in [0.05, 0.1) is 0 Å². The van der Waals surface area contributed by atoms with Gasteiger partial charge in [0.15, 0.2) is 5.84 Å². The first kappa shape index (κ1) is 30.1. The number of benzene rings is 8. The second-order valence-corrected chi connectivity index (χ2v) is 14.1. The third-order valence-electron chi connectivity index (χ3n) is 11.0. The Morgan fingerprint density at radius 2 is 1.02 bits per heavy atom. The van der Waals surface area contributed by atoms with Crippen LogP contribution in [-0.4, -0.2) is 11.7 Å². The van der Waals surface area contributed by atoms with Crippen LogP contribution in [0.5, 0.6) is 0 Å². The van der Waals surface area contributed by atoms with Crippen LogP contribution in [0.3, 0.4) is 0 Å². The van der Waals surface area contributed by atoms with Gasteiger partial charge >= 0.3 is 0 Å². The fourth-order valence-corrected chi connectivity index (χ4v) is 8.51. The SMILES string of the molecule is c1ccc2cc(C3=NC(c4c(-c5cccc6oc7ccccc7c56)ccc5oc6ccccc6c45)=NC(c4cccc5oc6ccccc6c45)N3)ccc2c1. The van der Waals surface area contributed by atoms with Crippen LogP contribution in [0.15, 0.2) is 187 Å². The molecule has 55 heavy (non-hydrogen) atoms. The van der Waals surface area contributed by atoms with Crippen LogP contribution < -0.4 is 5.32 Å². The molecular formula is C49H29N3O3. The Morgan fingerprint density at radius 1 is 0.436 bits per heavy atom. The largest absolute Gasteiger partial charge is 0.456 e. The predicted octanol–water partition coefficient (Wildman–Crippen LogP) is 12.7. The first-order valence-corrected chi connectivity index (χ1v) is 18.4. The minimum absolute atomic E-state index is 0.495. The minimum atomic E-state index is -0.495. The molecule has 0 amide bonds. The van der Waals surface area contributed by atoms with Crippen molar-refractivity contribution in [3.63, 3.8) is 0 Å². The van der Waals surface area contributed by atoms with E-state index in [4.69, 9.17) is 23.2 Å². The molecule has 6 nitrogen and oxygen atoms in total. The number of nitrogens with one attached hydrogen (secondary N) is 1. The van der Waals surface area contributed by atoms with E-state index in [2.05, 4.69) is 115 Å². The van der Waals surface area contributed by atoms with Gasteiger partial charge in [0, 0.05) is 49.0 Å². The zero-order valence-electron chi connectivity index (χ0n) is 29.3. The molecule has 1 aliphatic rings. The van der Waals surface area contributed by atoms with Crippen molar-refractivity contribution >= 4 is 88.3 Å². The lowest BCUT2D eigenvalue weighted by molar-refractivity contribution is 0.662.